The van der Waals surface area contributed by atoms with Gasteiger partial charge in [0, 0.05) is 0 Å². The molecule has 0 fully saturated rings. The monoisotopic (exact) mass is 244 g/mol. The quantitative estimate of drug-likeness (QED) is 0.294. The molecule has 0 aromatic carbocycles. The largest absolute Gasteiger partial charge is 0.394 e. The van der Waals surface area contributed by atoms with E-state index < -0.39 is 48.7 Å². The van der Waals surface area contributed by atoms with Gasteiger partial charge in [0.2, 0.25) is 0 Å². The van der Waals surface area contributed by atoms with Crippen LogP contribution >= 0.6 is 0 Å². The zero-order valence-corrected chi connectivity index (χ0v) is 8.33. The summed E-state index contributed by atoms with van der Waals surface area (Å²) in [4.78, 5) is 11.2. The standard InChI is InChI=1S/C6H12O8S/c7-1-3(9)5(11)6(4(10)2-8)14-15(12)13/h3-4,6-10H,1-2H2,(H,12,13)/t3-,4+,6-/m0/s1. The third-order valence-corrected chi connectivity index (χ3v) is 1.88. The highest BCUT2D eigenvalue weighted by Crippen LogP contribution is 2.06. The number of carbonyl (C=O) groups excluding carboxylic acids is 1. The fourth-order valence-corrected chi connectivity index (χ4v) is 1.17. The van der Waals surface area contributed by atoms with Crippen LogP contribution in [0.5, 0.6) is 0 Å². The average molecular weight is 244 g/mol. The van der Waals surface area contributed by atoms with Crippen molar-refractivity contribution in [2.75, 3.05) is 13.2 Å². The number of hydrogen-bond donors (Lipinski definition) is 5. The summed E-state index contributed by atoms with van der Waals surface area (Å²) in [6.45, 7) is -1.82. The second-order valence-corrected chi connectivity index (χ2v) is 3.21. The molecular formula is C6H12O8S. The Hall–Kier alpha value is -0.420. The summed E-state index contributed by atoms with van der Waals surface area (Å²) in [7, 11) is 0. The van der Waals surface area contributed by atoms with Gasteiger partial charge in [0.1, 0.15) is 12.2 Å². The SMILES string of the molecule is O=C([C@@H](OS(=O)O)[C@H](O)CO)[C@@H](O)CO. The Balaban J connectivity index is 4.61. The molecule has 0 saturated heterocycles. The van der Waals surface area contributed by atoms with Crippen molar-refractivity contribution in [3.8, 4) is 0 Å². The molecule has 90 valence electrons. The lowest BCUT2D eigenvalue weighted by atomic mass is 10.1. The minimum atomic E-state index is -2.84. The maximum atomic E-state index is 11.2. The highest BCUT2D eigenvalue weighted by atomic mass is 32.2. The van der Waals surface area contributed by atoms with Crippen LogP contribution in [0.2, 0.25) is 0 Å². The summed E-state index contributed by atoms with van der Waals surface area (Å²) >= 11 is -2.84. The van der Waals surface area contributed by atoms with Crippen molar-refractivity contribution in [2.24, 2.45) is 0 Å². The minimum absolute atomic E-state index is 0.897. The van der Waals surface area contributed by atoms with Crippen LogP contribution in [0.1, 0.15) is 0 Å². The Morgan fingerprint density at radius 3 is 2.13 bits per heavy atom. The first-order valence-electron chi connectivity index (χ1n) is 3.83. The smallest absolute Gasteiger partial charge is 0.302 e. The topological polar surface area (TPSA) is 145 Å². The summed E-state index contributed by atoms with van der Waals surface area (Å²) in [6, 6.07) is 0. The predicted molar refractivity (Wildman–Crippen MR) is 46.8 cm³/mol. The molecule has 0 aliphatic carbocycles. The van der Waals surface area contributed by atoms with E-state index in [0.29, 0.717) is 0 Å². The molecule has 0 spiro atoms. The molecule has 0 aliphatic heterocycles. The van der Waals surface area contributed by atoms with E-state index in [9.17, 15) is 9.00 Å². The molecule has 0 heterocycles. The van der Waals surface area contributed by atoms with Gasteiger partial charge in [-0.05, 0) is 0 Å². The average Bonchev–Trinajstić information content (AvgIpc) is 2.22. The number of carbonyl (C=O) groups is 1. The lowest BCUT2D eigenvalue weighted by molar-refractivity contribution is -0.142. The van der Waals surface area contributed by atoms with Gasteiger partial charge < -0.3 is 20.4 Å². The van der Waals surface area contributed by atoms with Crippen LogP contribution < -0.4 is 0 Å². The first-order chi connectivity index (χ1) is 6.93. The first kappa shape index (κ1) is 14.6. The predicted octanol–water partition coefficient (Wildman–Crippen LogP) is -3.22. The van der Waals surface area contributed by atoms with E-state index in [1.807, 2.05) is 0 Å². The van der Waals surface area contributed by atoms with Gasteiger partial charge in [0.15, 0.2) is 11.9 Å². The Kier molecular flexibility index (Phi) is 6.76. The maximum absolute atomic E-state index is 11.2. The molecule has 0 bridgehead atoms. The molecule has 4 atom stereocenters. The normalized spacial score (nSPS) is 19.3. The zero-order chi connectivity index (χ0) is 12.0. The Labute approximate surface area is 87.6 Å². The van der Waals surface area contributed by atoms with Crippen molar-refractivity contribution >= 4 is 17.1 Å². The molecule has 0 radical (unpaired) electrons. The molecule has 0 aromatic heterocycles. The summed E-state index contributed by atoms with van der Waals surface area (Å²) in [5.41, 5.74) is 0. The molecule has 0 amide bonds. The van der Waals surface area contributed by atoms with Gasteiger partial charge in [0.25, 0.3) is 0 Å². The van der Waals surface area contributed by atoms with Crippen molar-refractivity contribution in [2.45, 2.75) is 18.3 Å². The van der Waals surface area contributed by atoms with E-state index in [4.69, 9.17) is 25.0 Å². The van der Waals surface area contributed by atoms with Gasteiger partial charge in [-0.25, -0.2) is 0 Å². The lowest BCUT2D eigenvalue weighted by Gasteiger charge is -2.19. The van der Waals surface area contributed by atoms with Crippen LogP contribution in [0.3, 0.4) is 0 Å². The van der Waals surface area contributed by atoms with E-state index >= 15 is 0 Å². The molecular weight excluding hydrogens is 232 g/mol. The van der Waals surface area contributed by atoms with Crippen molar-refractivity contribution in [3.63, 3.8) is 0 Å². The minimum Gasteiger partial charge on any atom is -0.394 e. The van der Waals surface area contributed by atoms with Crippen LogP contribution in [0, 0.1) is 0 Å². The number of Topliss-reactive ketones (excluding diaryl/α,β-unsaturated/α-hetero) is 1. The highest BCUT2D eigenvalue weighted by molar-refractivity contribution is 7.74. The highest BCUT2D eigenvalue weighted by Gasteiger charge is 2.33. The molecule has 0 rings (SSSR count). The maximum Gasteiger partial charge on any atom is 0.302 e. The van der Waals surface area contributed by atoms with Gasteiger partial charge in [-0.15, -0.1) is 0 Å². The van der Waals surface area contributed by atoms with Gasteiger partial charge in [-0.1, -0.05) is 0 Å². The third-order valence-electron chi connectivity index (χ3n) is 1.50. The second-order valence-electron chi connectivity index (χ2n) is 2.58. The van der Waals surface area contributed by atoms with Crippen molar-refractivity contribution in [1.29, 1.82) is 0 Å². The molecule has 1 unspecified atom stereocenters. The number of rotatable bonds is 7. The van der Waals surface area contributed by atoms with Crippen molar-refractivity contribution in [3.05, 3.63) is 0 Å². The van der Waals surface area contributed by atoms with E-state index in [1.54, 1.807) is 0 Å². The number of hydrogen-bond acceptors (Lipinski definition) is 7. The van der Waals surface area contributed by atoms with Gasteiger partial charge >= 0.3 is 11.4 Å². The third kappa shape index (κ3) is 4.75. The van der Waals surface area contributed by atoms with E-state index in [1.165, 1.54) is 0 Å². The van der Waals surface area contributed by atoms with Gasteiger partial charge in [0.05, 0.1) is 13.2 Å². The molecule has 0 aliphatic rings. The lowest BCUT2D eigenvalue weighted by Crippen LogP contribution is -2.45. The first-order valence-corrected chi connectivity index (χ1v) is 4.86. The summed E-state index contributed by atoms with van der Waals surface area (Å²) in [5.74, 6) is -1.19. The Bertz CT molecular complexity index is 231. The zero-order valence-electron chi connectivity index (χ0n) is 7.52. The Morgan fingerprint density at radius 1 is 1.27 bits per heavy atom. The molecule has 8 nitrogen and oxygen atoms in total. The fraction of sp³-hybridized carbons (Fsp3) is 0.833. The van der Waals surface area contributed by atoms with E-state index in [0.717, 1.165) is 0 Å². The van der Waals surface area contributed by atoms with Gasteiger partial charge in [-0.2, -0.15) is 4.21 Å². The Morgan fingerprint density at radius 2 is 1.80 bits per heavy atom. The molecule has 0 aromatic rings. The van der Waals surface area contributed by atoms with Crippen LogP contribution in [-0.4, -0.2) is 66.5 Å². The van der Waals surface area contributed by atoms with E-state index in [-0.39, 0.29) is 0 Å². The van der Waals surface area contributed by atoms with Crippen molar-refractivity contribution < 1.29 is 38.2 Å². The van der Waals surface area contributed by atoms with Crippen LogP contribution in [0.15, 0.2) is 0 Å². The molecule has 0 saturated carbocycles. The number of aliphatic hydroxyl groups excluding tert-OH is 4. The van der Waals surface area contributed by atoms with Gasteiger partial charge in [-0.3, -0.25) is 13.5 Å². The van der Waals surface area contributed by atoms with Crippen LogP contribution in [0.25, 0.3) is 0 Å². The van der Waals surface area contributed by atoms with E-state index in [2.05, 4.69) is 4.18 Å². The molecule has 9 heteroatoms. The molecule has 5 N–H and O–H groups in total. The summed E-state index contributed by atoms with van der Waals surface area (Å²) in [5, 5.41) is 34.9. The van der Waals surface area contributed by atoms with Crippen LogP contribution in [-0.2, 0) is 20.3 Å². The van der Waals surface area contributed by atoms with Crippen LogP contribution in [0.4, 0.5) is 0 Å². The fourth-order valence-electron chi connectivity index (χ4n) is 0.765. The van der Waals surface area contributed by atoms with Crippen molar-refractivity contribution in [1.82, 2.24) is 0 Å². The second kappa shape index (κ2) is 6.95. The molecule has 15 heavy (non-hydrogen) atoms. The number of ketones is 1. The number of aliphatic hydroxyl groups is 4. The summed E-state index contributed by atoms with van der Waals surface area (Å²) < 4.78 is 22.7. The summed E-state index contributed by atoms with van der Waals surface area (Å²) in [6.07, 6.45) is -5.47.